The van der Waals surface area contributed by atoms with Gasteiger partial charge in [0, 0.05) is 6.54 Å². The molecule has 0 amide bonds. The van der Waals surface area contributed by atoms with Gasteiger partial charge < -0.3 is 9.64 Å². The highest BCUT2D eigenvalue weighted by atomic mass is 16.5. The van der Waals surface area contributed by atoms with Crippen LogP contribution in [0.4, 0.5) is 0 Å². The molecule has 1 saturated carbocycles. The molecule has 23 heavy (non-hydrogen) atoms. The van der Waals surface area contributed by atoms with Crippen molar-refractivity contribution in [2.75, 3.05) is 26.2 Å². The quantitative estimate of drug-likeness (QED) is 0.661. The molecule has 1 saturated heterocycles. The summed E-state index contributed by atoms with van der Waals surface area (Å²) in [4.78, 5) is 2.59. The van der Waals surface area contributed by atoms with Crippen molar-refractivity contribution in [3.05, 3.63) is 29.3 Å². The second-order valence-corrected chi connectivity index (χ2v) is 7.46. The van der Waals surface area contributed by atoms with E-state index in [4.69, 9.17) is 4.74 Å². The highest BCUT2D eigenvalue weighted by molar-refractivity contribution is 5.37. The standard InChI is InChI=1S/C21H33NO/c1-18-17-20(11-12-21(18)19-9-4-2-5-10-19)23-16-8-15-22-13-6-3-7-14-22/h11-12,17,19H,2-10,13-16H2,1H3. The van der Waals surface area contributed by atoms with Crippen molar-refractivity contribution in [1.82, 2.24) is 4.90 Å². The van der Waals surface area contributed by atoms with Gasteiger partial charge >= 0.3 is 0 Å². The number of ether oxygens (including phenoxy) is 1. The molecule has 3 rings (SSSR count). The van der Waals surface area contributed by atoms with Gasteiger partial charge in [-0.2, -0.15) is 0 Å². The zero-order chi connectivity index (χ0) is 15.9. The highest BCUT2D eigenvalue weighted by Gasteiger charge is 2.17. The molecule has 2 nitrogen and oxygen atoms in total. The first-order valence-electron chi connectivity index (χ1n) is 9.78. The van der Waals surface area contributed by atoms with Crippen LogP contribution in [0.5, 0.6) is 5.75 Å². The lowest BCUT2D eigenvalue weighted by atomic mass is 9.82. The third-order valence-electron chi connectivity index (χ3n) is 5.62. The van der Waals surface area contributed by atoms with E-state index < -0.39 is 0 Å². The van der Waals surface area contributed by atoms with Gasteiger partial charge in [0.2, 0.25) is 0 Å². The molecule has 1 heterocycles. The molecular weight excluding hydrogens is 282 g/mol. The van der Waals surface area contributed by atoms with E-state index in [0.29, 0.717) is 0 Å². The zero-order valence-electron chi connectivity index (χ0n) is 14.9. The van der Waals surface area contributed by atoms with Crippen LogP contribution >= 0.6 is 0 Å². The summed E-state index contributed by atoms with van der Waals surface area (Å²) >= 11 is 0. The van der Waals surface area contributed by atoms with Crippen molar-refractivity contribution in [1.29, 1.82) is 0 Å². The van der Waals surface area contributed by atoms with Crippen LogP contribution in [0.2, 0.25) is 0 Å². The molecular formula is C21H33NO. The average Bonchev–Trinajstić information content (AvgIpc) is 2.60. The Morgan fingerprint density at radius 2 is 1.74 bits per heavy atom. The Balaban J connectivity index is 1.44. The summed E-state index contributed by atoms with van der Waals surface area (Å²) in [6.07, 6.45) is 12.3. The van der Waals surface area contributed by atoms with Gasteiger partial charge in [-0.3, -0.25) is 0 Å². The van der Waals surface area contributed by atoms with Gasteiger partial charge in [0.1, 0.15) is 5.75 Å². The SMILES string of the molecule is Cc1cc(OCCCN2CCCCC2)ccc1C1CCCCC1. The van der Waals surface area contributed by atoms with Crippen molar-refractivity contribution in [3.63, 3.8) is 0 Å². The van der Waals surface area contributed by atoms with Crippen LogP contribution in [0.15, 0.2) is 18.2 Å². The van der Waals surface area contributed by atoms with Crippen LogP contribution in [0.1, 0.15) is 74.8 Å². The molecule has 0 bridgehead atoms. The van der Waals surface area contributed by atoms with E-state index in [-0.39, 0.29) is 0 Å². The number of nitrogens with zero attached hydrogens (tertiary/aromatic N) is 1. The first-order chi connectivity index (χ1) is 11.3. The van der Waals surface area contributed by atoms with Crippen molar-refractivity contribution in [2.45, 2.75) is 70.6 Å². The molecule has 0 atom stereocenters. The fourth-order valence-corrected chi connectivity index (χ4v) is 4.27. The summed E-state index contributed by atoms with van der Waals surface area (Å²) in [7, 11) is 0. The fourth-order valence-electron chi connectivity index (χ4n) is 4.27. The predicted molar refractivity (Wildman–Crippen MR) is 97.4 cm³/mol. The number of aryl methyl sites for hydroxylation is 1. The van der Waals surface area contributed by atoms with E-state index >= 15 is 0 Å². The molecule has 0 aromatic heterocycles. The minimum Gasteiger partial charge on any atom is -0.494 e. The van der Waals surface area contributed by atoms with Crippen LogP contribution in [0.25, 0.3) is 0 Å². The van der Waals surface area contributed by atoms with Gasteiger partial charge in [0.15, 0.2) is 0 Å². The lowest BCUT2D eigenvalue weighted by molar-refractivity contribution is 0.205. The maximum Gasteiger partial charge on any atom is 0.119 e. The smallest absolute Gasteiger partial charge is 0.119 e. The van der Waals surface area contributed by atoms with Gasteiger partial charge in [-0.05, 0) is 81.3 Å². The number of hydrogen-bond acceptors (Lipinski definition) is 2. The molecule has 1 aliphatic heterocycles. The van der Waals surface area contributed by atoms with Crippen LogP contribution in [0.3, 0.4) is 0 Å². The normalized spacial score (nSPS) is 20.6. The summed E-state index contributed by atoms with van der Waals surface area (Å²) in [6, 6.07) is 6.77. The molecule has 1 aliphatic carbocycles. The Labute approximate surface area is 142 Å². The first-order valence-corrected chi connectivity index (χ1v) is 9.78. The maximum atomic E-state index is 5.99. The molecule has 2 aliphatic rings. The Morgan fingerprint density at radius 1 is 1.00 bits per heavy atom. The van der Waals surface area contributed by atoms with E-state index in [9.17, 15) is 0 Å². The Kier molecular flexibility index (Phi) is 6.38. The van der Waals surface area contributed by atoms with Gasteiger partial charge in [0.05, 0.1) is 6.61 Å². The summed E-state index contributed by atoms with van der Waals surface area (Å²) < 4.78 is 5.99. The molecule has 1 aromatic rings. The molecule has 0 spiro atoms. The molecule has 0 unspecified atom stereocenters. The van der Waals surface area contributed by atoms with E-state index in [2.05, 4.69) is 30.0 Å². The third kappa shape index (κ3) is 4.97. The van der Waals surface area contributed by atoms with E-state index in [1.807, 2.05) is 0 Å². The largest absolute Gasteiger partial charge is 0.494 e. The average molecular weight is 316 g/mol. The van der Waals surface area contributed by atoms with E-state index in [0.717, 1.165) is 24.7 Å². The first kappa shape index (κ1) is 16.8. The molecule has 1 aromatic carbocycles. The lowest BCUT2D eigenvalue weighted by Crippen LogP contribution is -2.31. The summed E-state index contributed by atoms with van der Waals surface area (Å²) in [6.45, 7) is 6.87. The molecule has 0 N–H and O–H groups in total. The molecule has 2 fully saturated rings. The Hall–Kier alpha value is -1.02. The van der Waals surface area contributed by atoms with Crippen LogP contribution < -0.4 is 4.74 Å². The lowest BCUT2D eigenvalue weighted by Gasteiger charge is -2.26. The number of hydrogen-bond donors (Lipinski definition) is 0. The van der Waals surface area contributed by atoms with Crippen molar-refractivity contribution >= 4 is 0 Å². The number of piperidine rings is 1. The van der Waals surface area contributed by atoms with E-state index in [1.54, 1.807) is 5.56 Å². The van der Waals surface area contributed by atoms with Crippen LogP contribution in [-0.2, 0) is 0 Å². The Bertz CT molecular complexity index is 473. The second kappa shape index (κ2) is 8.73. The second-order valence-electron chi connectivity index (χ2n) is 7.46. The van der Waals surface area contributed by atoms with E-state index in [1.165, 1.54) is 76.6 Å². The van der Waals surface area contributed by atoms with Crippen LogP contribution in [0, 0.1) is 6.92 Å². The maximum absolute atomic E-state index is 5.99. The third-order valence-corrected chi connectivity index (χ3v) is 5.62. The van der Waals surface area contributed by atoms with Crippen molar-refractivity contribution in [2.24, 2.45) is 0 Å². The van der Waals surface area contributed by atoms with Gasteiger partial charge in [-0.1, -0.05) is 31.7 Å². The predicted octanol–water partition coefficient (Wildman–Crippen LogP) is 5.30. The zero-order valence-corrected chi connectivity index (χ0v) is 14.9. The monoisotopic (exact) mass is 315 g/mol. The van der Waals surface area contributed by atoms with Gasteiger partial charge in [-0.15, -0.1) is 0 Å². The number of rotatable bonds is 6. The molecule has 128 valence electrons. The molecule has 0 radical (unpaired) electrons. The van der Waals surface area contributed by atoms with Gasteiger partial charge in [0.25, 0.3) is 0 Å². The fraction of sp³-hybridized carbons (Fsp3) is 0.714. The summed E-state index contributed by atoms with van der Waals surface area (Å²) in [5.74, 6) is 1.85. The van der Waals surface area contributed by atoms with Crippen LogP contribution in [-0.4, -0.2) is 31.1 Å². The highest BCUT2D eigenvalue weighted by Crippen LogP contribution is 2.35. The summed E-state index contributed by atoms with van der Waals surface area (Å²) in [5.41, 5.74) is 2.98. The van der Waals surface area contributed by atoms with Crippen molar-refractivity contribution < 1.29 is 4.74 Å². The van der Waals surface area contributed by atoms with Gasteiger partial charge in [-0.25, -0.2) is 0 Å². The van der Waals surface area contributed by atoms with Crippen molar-refractivity contribution in [3.8, 4) is 5.75 Å². The summed E-state index contributed by atoms with van der Waals surface area (Å²) in [5, 5.41) is 0. The molecule has 2 heteroatoms. The minimum atomic E-state index is 0.789. The topological polar surface area (TPSA) is 12.5 Å². The minimum absolute atomic E-state index is 0.789. The number of likely N-dealkylation sites (tertiary alicyclic amines) is 1. The Morgan fingerprint density at radius 3 is 2.48 bits per heavy atom. The number of benzene rings is 1.